The Kier molecular flexibility index (Phi) is 8.88. The van der Waals surface area contributed by atoms with E-state index in [0.717, 1.165) is 32.7 Å². The molecule has 0 spiro atoms. The zero-order chi connectivity index (χ0) is 9.23. The van der Waals surface area contributed by atoms with Gasteiger partial charge in [-0.2, -0.15) is 0 Å². The van der Waals surface area contributed by atoms with Gasteiger partial charge >= 0.3 is 0 Å². The lowest BCUT2D eigenvalue weighted by molar-refractivity contribution is 0.154. The molecule has 74 valence electrons. The van der Waals surface area contributed by atoms with E-state index in [9.17, 15) is 0 Å². The summed E-state index contributed by atoms with van der Waals surface area (Å²) in [6.07, 6.45) is 1.16. The van der Waals surface area contributed by atoms with Gasteiger partial charge in [-0.3, -0.25) is 0 Å². The Balaban J connectivity index is 2.97. The van der Waals surface area contributed by atoms with Gasteiger partial charge in [-0.15, -0.1) is 0 Å². The predicted octanol–water partition coefficient (Wildman–Crippen LogP) is 0.895. The van der Waals surface area contributed by atoms with Crippen molar-refractivity contribution >= 4 is 0 Å². The second-order valence-electron chi connectivity index (χ2n) is 3.09. The van der Waals surface area contributed by atoms with Crippen LogP contribution < -0.4 is 5.32 Å². The van der Waals surface area contributed by atoms with Gasteiger partial charge in [-0.1, -0.05) is 6.92 Å². The average Bonchev–Trinajstić information content (AvgIpc) is 2.05. The monoisotopic (exact) mass is 175 g/mol. The van der Waals surface area contributed by atoms with E-state index in [1.54, 1.807) is 14.2 Å². The molecule has 0 aromatic rings. The standard InChI is InChI=1S/C9H21NO2/c1-9(8-12-3)4-5-10-6-7-11-2/h9-10H,4-8H2,1-3H3. The lowest BCUT2D eigenvalue weighted by Gasteiger charge is -2.10. The van der Waals surface area contributed by atoms with Crippen LogP contribution in [0.25, 0.3) is 0 Å². The summed E-state index contributed by atoms with van der Waals surface area (Å²) < 4.78 is 9.94. The number of hydrogen-bond acceptors (Lipinski definition) is 3. The zero-order valence-electron chi connectivity index (χ0n) is 8.43. The van der Waals surface area contributed by atoms with Gasteiger partial charge in [-0.05, 0) is 18.9 Å². The molecule has 0 aliphatic heterocycles. The summed E-state index contributed by atoms with van der Waals surface area (Å²) in [6.45, 7) is 5.83. The first-order valence-electron chi connectivity index (χ1n) is 4.49. The van der Waals surface area contributed by atoms with Gasteiger partial charge in [0.2, 0.25) is 0 Å². The van der Waals surface area contributed by atoms with Crippen LogP contribution in [0, 0.1) is 5.92 Å². The molecule has 0 rings (SSSR count). The summed E-state index contributed by atoms with van der Waals surface area (Å²) in [5.41, 5.74) is 0. The molecule has 0 saturated carbocycles. The second kappa shape index (κ2) is 8.97. The number of rotatable bonds is 8. The van der Waals surface area contributed by atoms with E-state index in [2.05, 4.69) is 12.2 Å². The van der Waals surface area contributed by atoms with Gasteiger partial charge in [0.15, 0.2) is 0 Å². The molecule has 0 aliphatic rings. The van der Waals surface area contributed by atoms with Gasteiger partial charge in [0.25, 0.3) is 0 Å². The number of hydrogen-bond donors (Lipinski definition) is 1. The highest BCUT2D eigenvalue weighted by atomic mass is 16.5. The summed E-state index contributed by atoms with van der Waals surface area (Å²) in [5, 5.41) is 3.30. The summed E-state index contributed by atoms with van der Waals surface area (Å²) in [6, 6.07) is 0. The molecular formula is C9H21NO2. The molecule has 0 aromatic carbocycles. The third kappa shape index (κ3) is 7.98. The zero-order valence-corrected chi connectivity index (χ0v) is 8.43. The van der Waals surface area contributed by atoms with E-state index in [0.29, 0.717) is 5.92 Å². The van der Waals surface area contributed by atoms with Crippen molar-refractivity contribution in [1.29, 1.82) is 0 Å². The molecule has 0 bridgehead atoms. The quantitative estimate of drug-likeness (QED) is 0.556. The van der Waals surface area contributed by atoms with E-state index in [-0.39, 0.29) is 0 Å². The van der Waals surface area contributed by atoms with Gasteiger partial charge in [-0.25, -0.2) is 0 Å². The highest BCUT2D eigenvalue weighted by Gasteiger charge is 1.99. The van der Waals surface area contributed by atoms with Crippen LogP contribution >= 0.6 is 0 Å². The summed E-state index contributed by atoms with van der Waals surface area (Å²) >= 11 is 0. The molecule has 0 fully saturated rings. The Labute approximate surface area is 75.4 Å². The maximum absolute atomic E-state index is 5.03. The van der Waals surface area contributed by atoms with Crippen molar-refractivity contribution in [3.8, 4) is 0 Å². The highest BCUT2D eigenvalue weighted by molar-refractivity contribution is 4.54. The van der Waals surface area contributed by atoms with Crippen molar-refractivity contribution in [1.82, 2.24) is 5.32 Å². The van der Waals surface area contributed by atoms with Gasteiger partial charge in [0.05, 0.1) is 6.61 Å². The lowest BCUT2D eigenvalue weighted by Crippen LogP contribution is -2.22. The van der Waals surface area contributed by atoms with Crippen LogP contribution in [0.2, 0.25) is 0 Å². The molecule has 0 heterocycles. The van der Waals surface area contributed by atoms with Crippen molar-refractivity contribution in [2.45, 2.75) is 13.3 Å². The highest BCUT2D eigenvalue weighted by Crippen LogP contribution is 1.99. The average molecular weight is 175 g/mol. The molecular weight excluding hydrogens is 154 g/mol. The Bertz CT molecular complexity index is 88.6. The van der Waals surface area contributed by atoms with Gasteiger partial charge < -0.3 is 14.8 Å². The lowest BCUT2D eigenvalue weighted by atomic mass is 10.1. The minimum Gasteiger partial charge on any atom is -0.384 e. The van der Waals surface area contributed by atoms with Crippen LogP contribution in [0.5, 0.6) is 0 Å². The summed E-state index contributed by atoms with van der Waals surface area (Å²) in [4.78, 5) is 0. The molecule has 12 heavy (non-hydrogen) atoms. The third-order valence-electron chi connectivity index (χ3n) is 1.75. The van der Waals surface area contributed by atoms with Gasteiger partial charge in [0, 0.05) is 27.4 Å². The van der Waals surface area contributed by atoms with Crippen molar-refractivity contribution < 1.29 is 9.47 Å². The smallest absolute Gasteiger partial charge is 0.0587 e. The molecule has 0 saturated heterocycles. The van der Waals surface area contributed by atoms with E-state index < -0.39 is 0 Å². The van der Waals surface area contributed by atoms with Crippen molar-refractivity contribution in [2.24, 2.45) is 5.92 Å². The topological polar surface area (TPSA) is 30.5 Å². The Morgan fingerprint density at radius 3 is 2.50 bits per heavy atom. The second-order valence-corrected chi connectivity index (χ2v) is 3.09. The minimum atomic E-state index is 0.644. The minimum absolute atomic E-state index is 0.644. The van der Waals surface area contributed by atoms with Crippen LogP contribution in [0.1, 0.15) is 13.3 Å². The molecule has 3 nitrogen and oxygen atoms in total. The van der Waals surface area contributed by atoms with E-state index in [1.807, 2.05) is 0 Å². The van der Waals surface area contributed by atoms with Crippen LogP contribution in [-0.2, 0) is 9.47 Å². The molecule has 3 heteroatoms. The van der Waals surface area contributed by atoms with E-state index in [4.69, 9.17) is 9.47 Å². The van der Waals surface area contributed by atoms with Crippen LogP contribution in [0.3, 0.4) is 0 Å². The first-order chi connectivity index (χ1) is 5.81. The number of methoxy groups -OCH3 is 2. The maximum atomic E-state index is 5.03. The summed E-state index contributed by atoms with van der Waals surface area (Å²) in [7, 11) is 3.46. The normalized spacial score (nSPS) is 13.2. The van der Waals surface area contributed by atoms with E-state index >= 15 is 0 Å². The SMILES string of the molecule is COCCNCCC(C)COC. The molecule has 1 N–H and O–H groups in total. The van der Waals surface area contributed by atoms with Crippen molar-refractivity contribution in [3.05, 3.63) is 0 Å². The van der Waals surface area contributed by atoms with Gasteiger partial charge in [0.1, 0.15) is 0 Å². The van der Waals surface area contributed by atoms with Crippen LogP contribution in [0.15, 0.2) is 0 Å². The third-order valence-corrected chi connectivity index (χ3v) is 1.75. The van der Waals surface area contributed by atoms with Crippen LogP contribution in [0.4, 0.5) is 0 Å². The maximum Gasteiger partial charge on any atom is 0.0587 e. The molecule has 0 radical (unpaired) electrons. The molecule has 0 amide bonds. The number of ether oxygens (including phenoxy) is 2. The van der Waals surface area contributed by atoms with Crippen molar-refractivity contribution in [2.75, 3.05) is 40.5 Å². The first-order valence-corrected chi connectivity index (χ1v) is 4.49. The Morgan fingerprint density at radius 1 is 1.17 bits per heavy atom. The molecule has 1 unspecified atom stereocenters. The molecule has 1 atom stereocenters. The summed E-state index contributed by atoms with van der Waals surface area (Å²) in [5.74, 6) is 0.644. The van der Waals surface area contributed by atoms with E-state index in [1.165, 1.54) is 0 Å². The fourth-order valence-electron chi connectivity index (χ4n) is 1.02. The largest absolute Gasteiger partial charge is 0.384 e. The number of nitrogens with one attached hydrogen (secondary N) is 1. The Hall–Kier alpha value is -0.120. The predicted molar refractivity (Wildman–Crippen MR) is 50.4 cm³/mol. The first kappa shape index (κ1) is 11.9. The Morgan fingerprint density at radius 2 is 1.92 bits per heavy atom. The fourth-order valence-corrected chi connectivity index (χ4v) is 1.02. The molecule has 0 aromatic heterocycles. The van der Waals surface area contributed by atoms with Crippen molar-refractivity contribution in [3.63, 3.8) is 0 Å². The van der Waals surface area contributed by atoms with Crippen LogP contribution in [-0.4, -0.2) is 40.5 Å². The molecule has 0 aliphatic carbocycles. The fraction of sp³-hybridized carbons (Fsp3) is 1.00.